The van der Waals surface area contributed by atoms with Crippen molar-refractivity contribution >= 4 is 17.7 Å². The molecule has 1 unspecified atom stereocenters. The van der Waals surface area contributed by atoms with E-state index in [1.165, 1.54) is 31.0 Å². The highest BCUT2D eigenvalue weighted by Gasteiger charge is 2.22. The van der Waals surface area contributed by atoms with Crippen LogP contribution in [0.3, 0.4) is 0 Å². The number of hydrogen-bond acceptors (Lipinski definition) is 5. The van der Waals surface area contributed by atoms with Crippen LogP contribution in [0.4, 0.5) is 0 Å². The van der Waals surface area contributed by atoms with E-state index < -0.39 is 0 Å². The van der Waals surface area contributed by atoms with E-state index in [0.717, 1.165) is 18.5 Å². The van der Waals surface area contributed by atoms with Gasteiger partial charge in [0.25, 0.3) is 0 Å². The molecule has 6 nitrogen and oxygen atoms in total. The summed E-state index contributed by atoms with van der Waals surface area (Å²) in [4.78, 5) is 12.4. The largest absolute Gasteiger partial charge is 0.352 e. The molecule has 1 aromatic carbocycles. The number of benzene rings is 1. The molecule has 0 radical (unpaired) electrons. The summed E-state index contributed by atoms with van der Waals surface area (Å²) in [6.07, 6.45) is 5.87. The van der Waals surface area contributed by atoms with Crippen LogP contribution in [0.5, 0.6) is 0 Å². The van der Waals surface area contributed by atoms with Gasteiger partial charge < -0.3 is 5.32 Å². The normalized spacial score (nSPS) is 16.9. The van der Waals surface area contributed by atoms with Crippen molar-refractivity contribution < 1.29 is 4.79 Å². The van der Waals surface area contributed by atoms with Gasteiger partial charge in [0, 0.05) is 6.04 Å². The SMILES string of the molecule is CC(Sc1nnnn1-c1ccccc1)C(=O)NC1CCCCC1. The Hall–Kier alpha value is -1.89. The molecule has 23 heavy (non-hydrogen) atoms. The number of thioether (sulfide) groups is 1. The van der Waals surface area contributed by atoms with Crippen molar-refractivity contribution in [3.05, 3.63) is 30.3 Å². The Labute approximate surface area is 140 Å². The van der Waals surface area contributed by atoms with Gasteiger partial charge in [-0.3, -0.25) is 4.79 Å². The summed E-state index contributed by atoms with van der Waals surface area (Å²) < 4.78 is 1.66. The van der Waals surface area contributed by atoms with Crippen LogP contribution >= 0.6 is 11.8 Å². The Balaban J connectivity index is 1.63. The molecule has 1 aliphatic rings. The average molecular weight is 331 g/mol. The van der Waals surface area contributed by atoms with Crippen molar-refractivity contribution in [3.63, 3.8) is 0 Å². The number of carbonyl (C=O) groups excluding carboxylic acids is 1. The Morgan fingerprint density at radius 2 is 2.00 bits per heavy atom. The van der Waals surface area contributed by atoms with Gasteiger partial charge in [0.15, 0.2) is 0 Å². The zero-order valence-electron chi connectivity index (χ0n) is 13.2. The smallest absolute Gasteiger partial charge is 0.233 e. The third kappa shape index (κ3) is 4.10. The number of nitrogens with zero attached hydrogens (tertiary/aromatic N) is 4. The third-order valence-corrected chi connectivity index (χ3v) is 5.08. The van der Waals surface area contributed by atoms with Crippen molar-refractivity contribution in [3.8, 4) is 5.69 Å². The van der Waals surface area contributed by atoms with Crippen molar-refractivity contribution in [2.75, 3.05) is 0 Å². The van der Waals surface area contributed by atoms with E-state index in [0.29, 0.717) is 11.2 Å². The summed E-state index contributed by atoms with van der Waals surface area (Å²) in [5.41, 5.74) is 0.889. The number of hydrogen-bond donors (Lipinski definition) is 1. The van der Waals surface area contributed by atoms with E-state index in [9.17, 15) is 4.79 Å². The lowest BCUT2D eigenvalue weighted by atomic mass is 9.95. The van der Waals surface area contributed by atoms with Gasteiger partial charge >= 0.3 is 0 Å². The second-order valence-corrected chi connectivity index (χ2v) is 7.12. The minimum absolute atomic E-state index is 0.0597. The number of amides is 1. The van der Waals surface area contributed by atoms with E-state index in [1.807, 2.05) is 37.3 Å². The fourth-order valence-corrected chi connectivity index (χ4v) is 3.58. The minimum atomic E-state index is -0.231. The maximum atomic E-state index is 12.4. The van der Waals surface area contributed by atoms with Gasteiger partial charge in [0.2, 0.25) is 11.1 Å². The summed E-state index contributed by atoms with van der Waals surface area (Å²) in [5, 5.41) is 15.3. The summed E-state index contributed by atoms with van der Waals surface area (Å²) in [6.45, 7) is 1.90. The lowest BCUT2D eigenvalue weighted by molar-refractivity contribution is -0.121. The molecule has 0 aliphatic heterocycles. The zero-order valence-corrected chi connectivity index (χ0v) is 14.0. The monoisotopic (exact) mass is 331 g/mol. The first-order valence-electron chi connectivity index (χ1n) is 8.05. The maximum Gasteiger partial charge on any atom is 0.233 e. The molecule has 1 atom stereocenters. The second-order valence-electron chi connectivity index (χ2n) is 5.81. The highest BCUT2D eigenvalue weighted by Crippen LogP contribution is 2.24. The number of rotatable bonds is 5. The molecular formula is C16H21N5OS. The topological polar surface area (TPSA) is 72.7 Å². The van der Waals surface area contributed by atoms with Gasteiger partial charge in [-0.1, -0.05) is 49.2 Å². The first-order valence-corrected chi connectivity index (χ1v) is 8.93. The van der Waals surface area contributed by atoms with Gasteiger partial charge in [-0.15, -0.1) is 5.10 Å². The molecule has 2 aromatic rings. The van der Waals surface area contributed by atoms with Crippen LogP contribution < -0.4 is 5.32 Å². The van der Waals surface area contributed by atoms with E-state index >= 15 is 0 Å². The van der Waals surface area contributed by atoms with Crippen LogP contribution in [-0.2, 0) is 4.79 Å². The number of nitrogens with one attached hydrogen (secondary N) is 1. The average Bonchev–Trinajstić information content (AvgIpc) is 3.04. The van der Waals surface area contributed by atoms with Crippen molar-refractivity contribution in [1.29, 1.82) is 0 Å². The number of aromatic nitrogens is 4. The van der Waals surface area contributed by atoms with Gasteiger partial charge in [-0.2, -0.15) is 4.68 Å². The van der Waals surface area contributed by atoms with Crippen LogP contribution in [-0.4, -0.2) is 37.4 Å². The Kier molecular flexibility index (Phi) is 5.27. The second kappa shape index (κ2) is 7.59. The highest BCUT2D eigenvalue weighted by atomic mass is 32.2. The molecule has 1 amide bonds. The number of para-hydroxylation sites is 1. The molecule has 1 aromatic heterocycles. The minimum Gasteiger partial charge on any atom is -0.352 e. The fourth-order valence-electron chi connectivity index (χ4n) is 2.76. The van der Waals surface area contributed by atoms with Crippen LogP contribution in [0, 0.1) is 0 Å². The molecular weight excluding hydrogens is 310 g/mol. The Bertz CT molecular complexity index is 639. The van der Waals surface area contributed by atoms with Crippen LogP contribution in [0.2, 0.25) is 0 Å². The molecule has 1 N–H and O–H groups in total. The summed E-state index contributed by atoms with van der Waals surface area (Å²) >= 11 is 1.38. The van der Waals surface area contributed by atoms with Gasteiger partial charge in [-0.25, -0.2) is 0 Å². The summed E-state index contributed by atoms with van der Waals surface area (Å²) in [6, 6.07) is 10.0. The van der Waals surface area contributed by atoms with Gasteiger partial charge in [-0.05, 0) is 42.3 Å². The molecule has 122 valence electrons. The van der Waals surface area contributed by atoms with Crippen molar-refractivity contribution in [1.82, 2.24) is 25.5 Å². The fraction of sp³-hybridized carbons (Fsp3) is 0.500. The number of carbonyl (C=O) groups is 1. The van der Waals surface area contributed by atoms with E-state index in [4.69, 9.17) is 0 Å². The summed E-state index contributed by atoms with van der Waals surface area (Å²) in [7, 11) is 0. The zero-order chi connectivity index (χ0) is 16.1. The third-order valence-electron chi connectivity index (χ3n) is 4.04. The van der Waals surface area contributed by atoms with E-state index in [1.54, 1.807) is 4.68 Å². The van der Waals surface area contributed by atoms with Gasteiger partial charge in [0.05, 0.1) is 10.9 Å². The van der Waals surface area contributed by atoms with Crippen LogP contribution in [0.15, 0.2) is 35.5 Å². The van der Waals surface area contributed by atoms with E-state index in [2.05, 4.69) is 20.8 Å². The van der Waals surface area contributed by atoms with E-state index in [-0.39, 0.29) is 11.2 Å². The molecule has 0 bridgehead atoms. The predicted molar refractivity (Wildman–Crippen MR) is 89.5 cm³/mol. The Morgan fingerprint density at radius 1 is 1.26 bits per heavy atom. The molecule has 1 saturated carbocycles. The van der Waals surface area contributed by atoms with Gasteiger partial charge in [0.1, 0.15) is 0 Å². The molecule has 1 fully saturated rings. The first-order chi connectivity index (χ1) is 11.2. The maximum absolute atomic E-state index is 12.4. The Morgan fingerprint density at radius 3 is 2.74 bits per heavy atom. The van der Waals surface area contributed by atoms with Crippen molar-refractivity contribution in [2.45, 2.75) is 55.5 Å². The highest BCUT2D eigenvalue weighted by molar-refractivity contribution is 8.00. The predicted octanol–water partition coefficient (Wildman–Crippen LogP) is 2.59. The molecule has 0 spiro atoms. The molecule has 1 aliphatic carbocycles. The molecule has 7 heteroatoms. The molecule has 3 rings (SSSR count). The quantitative estimate of drug-likeness (QED) is 0.853. The standard InChI is InChI=1S/C16H21N5OS/c1-12(15(22)17-13-8-4-2-5-9-13)23-16-18-19-20-21(16)14-10-6-3-7-11-14/h3,6-7,10-13H,2,4-5,8-9H2,1H3,(H,17,22). The lowest BCUT2D eigenvalue weighted by Gasteiger charge is -2.24. The lowest BCUT2D eigenvalue weighted by Crippen LogP contribution is -2.40. The summed E-state index contributed by atoms with van der Waals surface area (Å²) in [5.74, 6) is 0.0597. The molecule has 0 saturated heterocycles. The first kappa shape index (κ1) is 16.0. The number of tetrazole rings is 1. The molecule has 1 heterocycles. The van der Waals surface area contributed by atoms with Crippen molar-refractivity contribution in [2.24, 2.45) is 0 Å². The van der Waals surface area contributed by atoms with Crippen LogP contribution in [0.25, 0.3) is 5.69 Å². The van der Waals surface area contributed by atoms with Crippen LogP contribution in [0.1, 0.15) is 39.0 Å².